The van der Waals surface area contributed by atoms with Crippen molar-refractivity contribution in [1.29, 1.82) is 0 Å². The van der Waals surface area contributed by atoms with Crippen LogP contribution in [0.3, 0.4) is 0 Å². The second kappa shape index (κ2) is 6.17. The number of ketones is 1. The van der Waals surface area contributed by atoms with Crippen LogP contribution >= 0.6 is 0 Å². The molecule has 0 spiro atoms. The zero-order valence-corrected chi connectivity index (χ0v) is 12.9. The summed E-state index contributed by atoms with van der Waals surface area (Å²) in [6, 6.07) is 6.46. The minimum absolute atomic E-state index is 0.0444. The zero-order valence-electron chi connectivity index (χ0n) is 12.0. The Bertz CT molecular complexity index is 638. The van der Waals surface area contributed by atoms with Crippen molar-refractivity contribution in [1.82, 2.24) is 10.2 Å². The number of hydrogen-bond acceptors (Lipinski definition) is 5. The molecule has 2 N–H and O–H groups in total. The maximum Gasteiger partial charge on any atom is 0.229 e. The Kier molecular flexibility index (Phi) is 4.52. The van der Waals surface area contributed by atoms with Gasteiger partial charge < -0.3 is 10.2 Å². The second-order valence-corrected chi connectivity index (χ2v) is 6.83. The quantitative estimate of drug-likeness (QED) is 0.776. The van der Waals surface area contributed by atoms with Gasteiger partial charge >= 0.3 is 0 Å². The third-order valence-corrected chi connectivity index (χ3v) is 3.85. The highest BCUT2D eigenvalue weighted by Crippen LogP contribution is 2.15. The second-order valence-electron chi connectivity index (χ2n) is 5.08. The molecule has 0 aromatic heterocycles. The van der Waals surface area contributed by atoms with Gasteiger partial charge in [-0.05, 0) is 30.7 Å². The highest BCUT2D eigenvalue weighted by atomic mass is 32.2. The molecule has 1 unspecified atom stereocenters. The first-order valence-corrected chi connectivity index (χ1v) is 8.50. The Morgan fingerprint density at radius 3 is 2.52 bits per heavy atom. The summed E-state index contributed by atoms with van der Waals surface area (Å²) < 4.78 is 24.6. The number of benzene rings is 1. The van der Waals surface area contributed by atoms with Crippen molar-refractivity contribution >= 4 is 21.5 Å². The van der Waals surface area contributed by atoms with Gasteiger partial charge in [0.15, 0.2) is 5.78 Å². The topological polar surface area (TPSA) is 78.5 Å². The van der Waals surface area contributed by atoms with Crippen LogP contribution in [0.5, 0.6) is 0 Å². The van der Waals surface area contributed by atoms with E-state index < -0.39 is 10.0 Å². The van der Waals surface area contributed by atoms with E-state index in [-0.39, 0.29) is 11.9 Å². The molecule has 1 aliphatic rings. The molecule has 0 fully saturated rings. The molecule has 114 valence electrons. The standard InChI is InChI=1S/C14H19N3O3S/c1-17-10-9-15-14(17)8-7-13(18)11-3-5-12(6-4-11)16-21(2,19)20/h3-6,9-10,14-16H,7-8H2,1-2H3. The molecule has 0 radical (unpaired) electrons. The van der Waals surface area contributed by atoms with Crippen LogP contribution in [0.2, 0.25) is 0 Å². The lowest BCUT2D eigenvalue weighted by molar-refractivity contribution is 0.0969. The predicted molar refractivity (Wildman–Crippen MR) is 82.3 cm³/mol. The normalized spacial score (nSPS) is 17.6. The van der Waals surface area contributed by atoms with Crippen LogP contribution in [-0.2, 0) is 10.0 Å². The van der Waals surface area contributed by atoms with Gasteiger partial charge in [0, 0.05) is 37.1 Å². The van der Waals surface area contributed by atoms with E-state index in [4.69, 9.17) is 0 Å². The Morgan fingerprint density at radius 2 is 2.00 bits per heavy atom. The number of Topliss-reactive ketones (excluding diaryl/α,β-unsaturated/α-hetero) is 1. The van der Waals surface area contributed by atoms with E-state index in [9.17, 15) is 13.2 Å². The summed E-state index contributed by atoms with van der Waals surface area (Å²) in [6.45, 7) is 0. The maximum atomic E-state index is 12.1. The van der Waals surface area contributed by atoms with Gasteiger partial charge in [-0.2, -0.15) is 0 Å². The molecule has 1 aromatic carbocycles. The monoisotopic (exact) mass is 309 g/mol. The number of carbonyl (C=O) groups is 1. The summed E-state index contributed by atoms with van der Waals surface area (Å²) in [5.74, 6) is 0.0444. The average molecular weight is 309 g/mol. The average Bonchev–Trinajstić information content (AvgIpc) is 2.80. The van der Waals surface area contributed by atoms with E-state index in [0.29, 0.717) is 24.1 Å². The van der Waals surface area contributed by atoms with Crippen molar-refractivity contribution in [2.75, 3.05) is 18.0 Å². The van der Waals surface area contributed by atoms with Crippen LogP contribution in [0.15, 0.2) is 36.7 Å². The van der Waals surface area contributed by atoms with E-state index in [1.807, 2.05) is 24.3 Å². The van der Waals surface area contributed by atoms with Crippen LogP contribution in [0.4, 0.5) is 5.69 Å². The van der Waals surface area contributed by atoms with Gasteiger partial charge in [0.2, 0.25) is 10.0 Å². The molecule has 1 atom stereocenters. The number of nitrogens with zero attached hydrogens (tertiary/aromatic N) is 1. The van der Waals surface area contributed by atoms with Crippen molar-refractivity contribution in [3.63, 3.8) is 0 Å². The van der Waals surface area contributed by atoms with Crippen molar-refractivity contribution in [2.24, 2.45) is 0 Å². The number of sulfonamides is 1. The molecule has 1 aromatic rings. The minimum atomic E-state index is -3.29. The molecular formula is C14H19N3O3S. The summed E-state index contributed by atoms with van der Waals surface area (Å²) in [6.07, 6.45) is 6.18. The summed E-state index contributed by atoms with van der Waals surface area (Å²) >= 11 is 0. The van der Waals surface area contributed by atoms with Gasteiger partial charge in [0.05, 0.1) is 12.4 Å². The molecule has 0 aliphatic carbocycles. The molecule has 6 nitrogen and oxygen atoms in total. The third kappa shape index (κ3) is 4.49. The van der Waals surface area contributed by atoms with E-state index in [1.165, 1.54) is 0 Å². The zero-order chi connectivity index (χ0) is 15.5. The van der Waals surface area contributed by atoms with E-state index in [1.54, 1.807) is 24.3 Å². The Labute approximate surface area is 124 Å². The molecule has 0 saturated heterocycles. The fraction of sp³-hybridized carbons (Fsp3) is 0.357. The molecule has 0 amide bonds. The molecule has 7 heteroatoms. The largest absolute Gasteiger partial charge is 0.370 e. The summed E-state index contributed by atoms with van der Waals surface area (Å²) in [5.41, 5.74) is 1.04. The molecule has 21 heavy (non-hydrogen) atoms. The number of nitrogens with one attached hydrogen (secondary N) is 2. The lowest BCUT2D eigenvalue weighted by Gasteiger charge is -2.20. The van der Waals surface area contributed by atoms with Gasteiger partial charge in [0.25, 0.3) is 0 Å². The van der Waals surface area contributed by atoms with Crippen molar-refractivity contribution in [2.45, 2.75) is 19.0 Å². The Balaban J connectivity index is 1.91. The fourth-order valence-corrected chi connectivity index (χ4v) is 2.69. The van der Waals surface area contributed by atoms with Crippen molar-refractivity contribution < 1.29 is 13.2 Å². The molecule has 1 aliphatic heterocycles. The number of hydrogen-bond donors (Lipinski definition) is 2. The van der Waals surface area contributed by atoms with Crippen molar-refractivity contribution in [3.05, 3.63) is 42.2 Å². The number of anilines is 1. The highest BCUT2D eigenvalue weighted by molar-refractivity contribution is 7.92. The molecule has 0 bridgehead atoms. The maximum absolute atomic E-state index is 12.1. The lowest BCUT2D eigenvalue weighted by atomic mass is 10.1. The van der Waals surface area contributed by atoms with Gasteiger partial charge in [-0.25, -0.2) is 8.42 Å². The third-order valence-electron chi connectivity index (χ3n) is 3.24. The number of rotatable bonds is 6. The van der Waals surface area contributed by atoms with Crippen LogP contribution < -0.4 is 10.0 Å². The predicted octanol–water partition coefficient (Wildman–Crippen LogP) is 1.35. The number of carbonyl (C=O) groups excluding carboxylic acids is 1. The molecule has 1 heterocycles. The fourth-order valence-electron chi connectivity index (χ4n) is 2.13. The first kappa shape index (κ1) is 15.4. The van der Waals surface area contributed by atoms with Gasteiger partial charge in [-0.1, -0.05) is 0 Å². The lowest BCUT2D eigenvalue weighted by Crippen LogP contribution is -2.32. The molecule has 2 rings (SSSR count). The summed E-state index contributed by atoms with van der Waals surface area (Å²) in [7, 11) is -1.34. The first-order chi connectivity index (χ1) is 9.85. The van der Waals surface area contributed by atoms with Crippen LogP contribution in [0.1, 0.15) is 23.2 Å². The van der Waals surface area contributed by atoms with Crippen molar-refractivity contribution in [3.8, 4) is 0 Å². The first-order valence-electron chi connectivity index (χ1n) is 6.61. The van der Waals surface area contributed by atoms with Crippen LogP contribution in [-0.4, -0.2) is 38.6 Å². The van der Waals surface area contributed by atoms with Crippen LogP contribution in [0, 0.1) is 0 Å². The highest BCUT2D eigenvalue weighted by Gasteiger charge is 2.16. The van der Waals surface area contributed by atoms with Gasteiger partial charge in [-0.15, -0.1) is 0 Å². The SMILES string of the molecule is CN1C=CNC1CCC(=O)c1ccc(NS(C)(=O)=O)cc1. The van der Waals surface area contributed by atoms with E-state index in [0.717, 1.165) is 6.26 Å². The summed E-state index contributed by atoms with van der Waals surface area (Å²) in [4.78, 5) is 14.1. The van der Waals surface area contributed by atoms with Crippen LogP contribution in [0.25, 0.3) is 0 Å². The van der Waals surface area contributed by atoms with Gasteiger partial charge in [-0.3, -0.25) is 9.52 Å². The Hall–Kier alpha value is -2.02. The summed E-state index contributed by atoms with van der Waals surface area (Å²) in [5, 5.41) is 3.16. The van der Waals surface area contributed by atoms with E-state index in [2.05, 4.69) is 10.0 Å². The molecular weight excluding hydrogens is 290 g/mol. The van der Waals surface area contributed by atoms with Gasteiger partial charge in [0.1, 0.15) is 0 Å². The van der Waals surface area contributed by atoms with E-state index >= 15 is 0 Å². The Morgan fingerprint density at radius 1 is 1.33 bits per heavy atom. The molecule has 0 saturated carbocycles. The smallest absolute Gasteiger partial charge is 0.229 e. The minimum Gasteiger partial charge on any atom is -0.370 e.